The molecule has 1 fully saturated rings. The Morgan fingerprint density at radius 3 is 2.42 bits per heavy atom. The van der Waals surface area contributed by atoms with Crippen LogP contribution in [0.5, 0.6) is 5.75 Å². The lowest BCUT2D eigenvalue weighted by Crippen LogP contribution is -2.98. The molecule has 0 saturated heterocycles. The summed E-state index contributed by atoms with van der Waals surface area (Å²) < 4.78 is 0. The van der Waals surface area contributed by atoms with E-state index in [1.807, 2.05) is 0 Å². The number of benzene rings is 1. The van der Waals surface area contributed by atoms with Gasteiger partial charge in [0.2, 0.25) is 5.78 Å². The van der Waals surface area contributed by atoms with Gasteiger partial charge in [-0.3, -0.25) is 19.3 Å². The average molecular weight is 459 g/mol. The van der Waals surface area contributed by atoms with E-state index in [4.69, 9.17) is 5.73 Å². The first-order chi connectivity index (χ1) is 15.3. The van der Waals surface area contributed by atoms with E-state index in [0.717, 1.165) is 0 Å². The number of fused-ring (bicyclic) bond motifs is 3. The van der Waals surface area contributed by atoms with E-state index >= 15 is 0 Å². The molecule has 0 aromatic heterocycles. The maximum atomic E-state index is 13.6. The first-order valence-corrected chi connectivity index (χ1v) is 10.3. The molecule has 1 aromatic carbocycles. The smallest absolute Gasteiger partial charge is 0.255 e. The Hall–Kier alpha value is -3.25. The number of phenolic OH excluding ortho intramolecular Hbond substituents is 1. The Morgan fingerprint density at radius 2 is 1.88 bits per heavy atom. The molecule has 11 nitrogen and oxygen atoms in total. The van der Waals surface area contributed by atoms with Gasteiger partial charge in [-0.05, 0) is 38.9 Å². The molecule has 3 unspecified atom stereocenters. The number of rotatable bonds is 3. The number of aromatic hydroxyl groups is 1. The highest BCUT2D eigenvalue weighted by Crippen LogP contribution is 2.53. The number of carbonyl (C=O) groups is 3. The van der Waals surface area contributed by atoms with Crippen LogP contribution in [0.3, 0.4) is 0 Å². The van der Waals surface area contributed by atoms with Crippen molar-refractivity contribution in [1.82, 2.24) is 4.90 Å². The monoisotopic (exact) mass is 459 g/mol. The number of Topliss-reactive ketones (excluding diaryl/α,β-unsaturated/α-hetero) is 2. The van der Waals surface area contributed by atoms with Crippen molar-refractivity contribution in [2.45, 2.75) is 24.5 Å². The fourth-order valence-electron chi connectivity index (χ4n) is 5.57. The summed E-state index contributed by atoms with van der Waals surface area (Å²) in [5, 5.41) is 55.5. The molecule has 0 heterocycles. The van der Waals surface area contributed by atoms with E-state index in [1.165, 1.54) is 38.2 Å². The van der Waals surface area contributed by atoms with Crippen LogP contribution in [0.25, 0.3) is 5.76 Å². The van der Waals surface area contributed by atoms with Crippen molar-refractivity contribution in [1.29, 1.82) is 0 Å². The number of aliphatic hydroxyl groups excluding tert-OH is 2. The second kappa shape index (κ2) is 7.39. The lowest BCUT2D eigenvalue weighted by molar-refractivity contribution is -0.751. The number of carbonyl (C=O) groups excluding carboxylic acids is 3. The van der Waals surface area contributed by atoms with Crippen molar-refractivity contribution in [2.24, 2.45) is 17.6 Å². The first kappa shape index (κ1) is 22.9. The third-order valence-electron chi connectivity index (χ3n) is 6.98. The molecule has 1 saturated carbocycles. The van der Waals surface area contributed by atoms with Gasteiger partial charge < -0.3 is 36.4 Å². The third-order valence-corrected chi connectivity index (χ3v) is 6.98. The highest BCUT2D eigenvalue weighted by Gasteiger charge is 2.64. The summed E-state index contributed by atoms with van der Waals surface area (Å²) in [6, 6.07) is 1.50. The highest BCUT2D eigenvalue weighted by molar-refractivity contribution is 6.24. The maximum Gasteiger partial charge on any atom is 0.255 e. The topological polar surface area (TPSA) is 189 Å². The molecule has 0 radical (unpaired) electrons. The summed E-state index contributed by atoms with van der Waals surface area (Å²) in [5.41, 5.74) is 2.01. The van der Waals surface area contributed by atoms with Crippen LogP contribution in [-0.2, 0) is 20.8 Å². The number of aliphatic hydroxyl groups is 3. The normalized spacial score (nSPS) is 30.2. The number of nitrogens with two attached hydrogens (primary N) is 1. The summed E-state index contributed by atoms with van der Waals surface area (Å²) in [7, 11) is 4.39. The quantitative estimate of drug-likeness (QED) is 0.179. The van der Waals surface area contributed by atoms with Gasteiger partial charge in [-0.2, -0.15) is 0 Å². The Bertz CT molecular complexity index is 1170. The Labute approximate surface area is 188 Å². The highest BCUT2D eigenvalue weighted by atomic mass is 16.5. The van der Waals surface area contributed by atoms with Gasteiger partial charge in [-0.15, -0.1) is 0 Å². The van der Waals surface area contributed by atoms with E-state index in [-0.39, 0.29) is 40.5 Å². The van der Waals surface area contributed by atoms with Crippen molar-refractivity contribution < 1.29 is 39.9 Å². The molecule has 3 aliphatic carbocycles. The fraction of sp³-hybridized carbons (Fsp3) is 0.409. The van der Waals surface area contributed by atoms with Gasteiger partial charge in [-0.1, -0.05) is 0 Å². The molecule has 1 aromatic rings. The van der Waals surface area contributed by atoms with Gasteiger partial charge in [0.05, 0.1) is 18.7 Å². The zero-order valence-electron chi connectivity index (χ0n) is 18.2. The molecule has 1 amide bonds. The minimum atomic E-state index is -2.68. The Balaban J connectivity index is 1.99. The zero-order chi connectivity index (χ0) is 24.6. The number of hydroxylamine groups is 1. The maximum absolute atomic E-state index is 13.6. The molecule has 11 heteroatoms. The Morgan fingerprint density at radius 1 is 1.24 bits per heavy atom. The fourth-order valence-corrected chi connectivity index (χ4v) is 5.57. The largest absolute Gasteiger partial charge is 0.629 e. The van der Waals surface area contributed by atoms with E-state index < -0.39 is 58.0 Å². The number of quaternary nitrogens is 1. The first-order valence-electron chi connectivity index (χ1n) is 10.3. The van der Waals surface area contributed by atoms with Crippen LogP contribution in [0.15, 0.2) is 29.0 Å². The van der Waals surface area contributed by atoms with Crippen LogP contribution in [0, 0.1) is 17.0 Å². The van der Waals surface area contributed by atoms with Crippen LogP contribution in [0.1, 0.15) is 17.5 Å². The lowest BCUT2D eigenvalue weighted by Gasteiger charge is -2.50. The predicted molar refractivity (Wildman–Crippen MR) is 114 cm³/mol. The summed E-state index contributed by atoms with van der Waals surface area (Å²) >= 11 is 0. The van der Waals surface area contributed by atoms with Gasteiger partial charge in [0, 0.05) is 23.1 Å². The number of phenols is 1. The molecule has 4 rings (SSSR count). The summed E-state index contributed by atoms with van der Waals surface area (Å²) in [4.78, 5) is 40.0. The number of nitrogens with zero attached hydrogens (tertiary/aromatic N) is 1. The van der Waals surface area contributed by atoms with Crippen molar-refractivity contribution in [3.05, 3.63) is 45.4 Å². The minimum Gasteiger partial charge on any atom is -0.629 e. The van der Waals surface area contributed by atoms with Crippen molar-refractivity contribution in [3.8, 4) is 5.75 Å². The molecule has 0 aliphatic heterocycles. The predicted octanol–water partition coefficient (Wildman–Crippen LogP) is -1.39. The molecule has 5 atom stereocenters. The second-order valence-corrected chi connectivity index (χ2v) is 9.00. The number of hydrogen-bond acceptors (Lipinski definition) is 9. The number of hydrogen-bond donors (Lipinski definition) is 6. The van der Waals surface area contributed by atoms with Crippen LogP contribution < -0.4 is 10.8 Å². The van der Waals surface area contributed by atoms with E-state index in [0.29, 0.717) is 5.56 Å². The molecule has 3 aliphatic rings. The van der Waals surface area contributed by atoms with Gasteiger partial charge in [0.1, 0.15) is 28.5 Å². The third kappa shape index (κ3) is 2.93. The van der Waals surface area contributed by atoms with Gasteiger partial charge >= 0.3 is 0 Å². The minimum absolute atomic E-state index is 0.0290. The van der Waals surface area contributed by atoms with E-state index in [1.54, 1.807) is 0 Å². The van der Waals surface area contributed by atoms with Gasteiger partial charge in [-0.25, -0.2) is 0 Å². The molecule has 0 bridgehead atoms. The summed E-state index contributed by atoms with van der Waals surface area (Å²) in [6.45, 7) is 0. The van der Waals surface area contributed by atoms with Crippen LogP contribution in [0.4, 0.5) is 5.69 Å². The Kier molecular flexibility index (Phi) is 5.13. The standard InChI is InChI=1S/C22H25N3O8/c1-24(2)16-10-7-8-6-9-11(25(3)33)4-5-12(26)14(9)17(27)13(8)19(29)22(10,32)20(30)15(18(16)28)21(23)31/h4-5,8,10,16,25-27,30,32H,6-7H2,1-3H3,(H2,23,31)/t8?,10?,16-,22-/m0/s1. The molecular weight excluding hydrogens is 434 g/mol. The zero-order valence-corrected chi connectivity index (χ0v) is 18.2. The number of nitrogens with one attached hydrogen (secondary N) is 1. The number of likely N-dealkylation sites (N-methyl/N-ethyl adjacent to an activating group) is 1. The summed E-state index contributed by atoms with van der Waals surface area (Å²) in [5.74, 6) is -7.18. The number of ketones is 2. The van der Waals surface area contributed by atoms with Crippen LogP contribution in [-0.4, -0.2) is 75.6 Å². The molecular formula is C22H25N3O8. The van der Waals surface area contributed by atoms with Crippen molar-refractivity contribution >= 4 is 28.9 Å². The van der Waals surface area contributed by atoms with Gasteiger partial charge in [0.25, 0.3) is 5.91 Å². The average Bonchev–Trinajstić information content (AvgIpc) is 2.70. The molecule has 33 heavy (non-hydrogen) atoms. The van der Waals surface area contributed by atoms with Gasteiger partial charge in [0.15, 0.2) is 11.4 Å². The van der Waals surface area contributed by atoms with Crippen LogP contribution >= 0.6 is 0 Å². The lowest BCUT2D eigenvalue weighted by atomic mass is 9.57. The van der Waals surface area contributed by atoms with Crippen molar-refractivity contribution in [2.75, 3.05) is 21.1 Å². The molecule has 0 spiro atoms. The second-order valence-electron chi connectivity index (χ2n) is 9.00. The summed E-state index contributed by atoms with van der Waals surface area (Å²) in [6.07, 6.45) is 0.0522. The molecule has 176 valence electrons. The number of amides is 1. The number of primary amides is 1. The molecule has 7 N–H and O–H groups in total. The van der Waals surface area contributed by atoms with E-state index in [2.05, 4.69) is 0 Å². The SMILES string of the molecule is CN(C)[C@@H]1C(=O)C(C(N)=O)=C(O)[C@@]2(O)C(=O)C3=C(O)c4c(O)ccc([NH+](C)[O-])c4CC3CC12. The van der Waals surface area contributed by atoms with E-state index in [9.17, 15) is 40.0 Å². The van der Waals surface area contributed by atoms with Crippen molar-refractivity contribution in [3.63, 3.8) is 0 Å². The van der Waals surface area contributed by atoms with Crippen LogP contribution in [0.2, 0.25) is 0 Å².